The molecule has 3 aromatic rings. The summed E-state index contributed by atoms with van der Waals surface area (Å²) >= 11 is 1.39. The van der Waals surface area contributed by atoms with E-state index in [1.54, 1.807) is 32.2 Å². The van der Waals surface area contributed by atoms with E-state index in [1.807, 2.05) is 17.5 Å². The lowest BCUT2D eigenvalue weighted by molar-refractivity contribution is -0.137. The number of thiophene rings is 1. The van der Waals surface area contributed by atoms with Crippen LogP contribution >= 0.6 is 11.3 Å². The largest absolute Gasteiger partial charge is 0.461 e. The van der Waals surface area contributed by atoms with Crippen LogP contribution in [0.4, 0.5) is 0 Å². The van der Waals surface area contributed by atoms with Crippen LogP contribution < -0.4 is 0 Å². The second kappa shape index (κ2) is 7.86. The number of hydrogen-bond acceptors (Lipinski definition) is 7. The SMILES string of the molecule is CCOC(=O)c1nc(-c2cccc(C#C[C@]3(O)CCN(C)C3=O)c2)nc2ccsc12. The van der Waals surface area contributed by atoms with E-state index in [2.05, 4.69) is 21.8 Å². The lowest BCUT2D eigenvalue weighted by atomic mass is 10.0. The smallest absolute Gasteiger partial charge is 0.358 e. The third-order valence-electron chi connectivity index (χ3n) is 4.82. The molecule has 1 amide bonds. The number of ether oxygens (including phenoxy) is 1. The Morgan fingerprint density at radius 3 is 2.93 bits per heavy atom. The molecule has 1 N–H and O–H groups in total. The molecule has 0 spiro atoms. The summed E-state index contributed by atoms with van der Waals surface area (Å²) in [7, 11) is 1.64. The number of hydrogen-bond donors (Lipinski definition) is 1. The highest BCUT2D eigenvalue weighted by Crippen LogP contribution is 2.27. The number of nitrogens with zero attached hydrogens (tertiary/aromatic N) is 3. The van der Waals surface area contributed by atoms with Gasteiger partial charge in [-0.1, -0.05) is 24.0 Å². The molecule has 2 aromatic heterocycles. The molecule has 0 bridgehead atoms. The highest BCUT2D eigenvalue weighted by Gasteiger charge is 2.42. The maximum absolute atomic E-state index is 12.4. The van der Waals surface area contributed by atoms with Gasteiger partial charge in [-0.05, 0) is 30.5 Å². The zero-order valence-electron chi connectivity index (χ0n) is 16.5. The van der Waals surface area contributed by atoms with Gasteiger partial charge in [-0.25, -0.2) is 14.8 Å². The number of esters is 1. The lowest BCUT2D eigenvalue weighted by Crippen LogP contribution is -2.37. The first-order chi connectivity index (χ1) is 14.4. The lowest BCUT2D eigenvalue weighted by Gasteiger charge is -2.13. The molecule has 30 heavy (non-hydrogen) atoms. The minimum atomic E-state index is -1.66. The van der Waals surface area contributed by atoms with Crippen molar-refractivity contribution in [2.75, 3.05) is 20.2 Å². The van der Waals surface area contributed by atoms with Crippen LogP contribution in [0.15, 0.2) is 35.7 Å². The van der Waals surface area contributed by atoms with E-state index >= 15 is 0 Å². The van der Waals surface area contributed by atoms with Gasteiger partial charge in [-0.15, -0.1) is 11.3 Å². The average molecular weight is 421 g/mol. The highest BCUT2D eigenvalue weighted by molar-refractivity contribution is 7.17. The van der Waals surface area contributed by atoms with Crippen LogP contribution in [0, 0.1) is 11.8 Å². The van der Waals surface area contributed by atoms with Crippen LogP contribution in [-0.2, 0) is 9.53 Å². The van der Waals surface area contributed by atoms with Crippen LogP contribution in [0.3, 0.4) is 0 Å². The molecule has 8 heteroatoms. The second-order valence-electron chi connectivity index (χ2n) is 6.92. The predicted octanol–water partition coefficient (Wildman–Crippen LogP) is 2.48. The number of carbonyl (C=O) groups excluding carboxylic acids is 2. The Labute approximate surface area is 177 Å². The van der Waals surface area contributed by atoms with E-state index in [0.29, 0.717) is 33.7 Å². The van der Waals surface area contributed by atoms with Crippen LogP contribution in [0.1, 0.15) is 29.4 Å². The Morgan fingerprint density at radius 1 is 1.37 bits per heavy atom. The molecule has 0 aliphatic carbocycles. The molecule has 0 unspecified atom stereocenters. The van der Waals surface area contributed by atoms with Gasteiger partial charge in [0, 0.05) is 31.1 Å². The fourth-order valence-electron chi connectivity index (χ4n) is 3.21. The highest BCUT2D eigenvalue weighted by atomic mass is 32.1. The molecule has 0 saturated carbocycles. The number of aromatic nitrogens is 2. The van der Waals surface area contributed by atoms with Crippen LogP contribution in [-0.4, -0.2) is 57.7 Å². The van der Waals surface area contributed by atoms with Gasteiger partial charge < -0.3 is 14.7 Å². The Morgan fingerprint density at radius 2 is 2.20 bits per heavy atom. The van der Waals surface area contributed by atoms with Crippen LogP contribution in [0.2, 0.25) is 0 Å². The van der Waals surface area contributed by atoms with Crippen LogP contribution in [0.25, 0.3) is 21.6 Å². The monoisotopic (exact) mass is 421 g/mol. The van der Waals surface area contributed by atoms with Crippen molar-refractivity contribution >= 4 is 33.4 Å². The molecule has 1 atom stereocenters. The van der Waals surface area contributed by atoms with Crippen molar-refractivity contribution < 1.29 is 19.4 Å². The van der Waals surface area contributed by atoms with E-state index in [-0.39, 0.29) is 18.7 Å². The third-order valence-corrected chi connectivity index (χ3v) is 5.73. The fraction of sp³-hybridized carbons (Fsp3) is 0.273. The average Bonchev–Trinajstić information content (AvgIpc) is 3.33. The standard InChI is InChI=1S/C22H19N3O4S/c1-3-29-20(26)17-18-16(8-12-30-18)23-19(24-17)15-6-4-5-14(13-15)7-9-22(28)10-11-25(2)21(22)27/h4-6,8,12-13,28H,3,10-11H2,1-2H3/t22-/m0/s1. The second-order valence-corrected chi connectivity index (χ2v) is 7.84. The van der Waals surface area contributed by atoms with Crippen molar-refractivity contribution in [2.24, 2.45) is 0 Å². The topological polar surface area (TPSA) is 92.6 Å². The first kappa shape index (κ1) is 20.0. The van der Waals surface area contributed by atoms with Crippen LogP contribution in [0.5, 0.6) is 0 Å². The summed E-state index contributed by atoms with van der Waals surface area (Å²) in [6.07, 6.45) is 0.274. The maximum atomic E-state index is 12.4. The number of likely N-dealkylation sites (N-methyl/N-ethyl adjacent to an activating group) is 1. The Bertz CT molecular complexity index is 1210. The Hall–Kier alpha value is -3.28. The molecule has 1 aliphatic heterocycles. The summed E-state index contributed by atoms with van der Waals surface area (Å²) in [5.74, 6) is 5.09. The molecule has 4 rings (SSSR count). The molecular weight excluding hydrogens is 402 g/mol. The maximum Gasteiger partial charge on any atom is 0.358 e. The molecule has 3 heterocycles. The van der Waals surface area contributed by atoms with Crippen molar-refractivity contribution in [3.05, 3.63) is 47.0 Å². The van der Waals surface area contributed by atoms with Crippen molar-refractivity contribution in [2.45, 2.75) is 18.9 Å². The number of benzene rings is 1. The molecule has 7 nitrogen and oxygen atoms in total. The number of rotatable bonds is 3. The summed E-state index contributed by atoms with van der Waals surface area (Å²) in [6, 6.07) is 8.98. The van der Waals surface area contributed by atoms with E-state index in [9.17, 15) is 14.7 Å². The number of fused-ring (bicyclic) bond motifs is 1. The molecular formula is C22H19N3O4S. The Balaban J connectivity index is 1.72. The summed E-state index contributed by atoms with van der Waals surface area (Å²) in [5, 5.41) is 12.3. The van der Waals surface area contributed by atoms with Gasteiger partial charge in [0.1, 0.15) is 0 Å². The van der Waals surface area contributed by atoms with Gasteiger partial charge in [0.25, 0.3) is 5.91 Å². The van der Waals surface area contributed by atoms with Gasteiger partial charge in [0.2, 0.25) is 5.60 Å². The normalized spacial score (nSPS) is 18.4. The number of aliphatic hydroxyl groups is 1. The van der Waals surface area contributed by atoms with Gasteiger partial charge in [0.15, 0.2) is 11.5 Å². The zero-order valence-corrected chi connectivity index (χ0v) is 17.3. The summed E-state index contributed by atoms with van der Waals surface area (Å²) < 4.78 is 5.82. The van der Waals surface area contributed by atoms with Gasteiger partial charge in [-0.2, -0.15) is 0 Å². The molecule has 1 saturated heterocycles. The van der Waals surface area contributed by atoms with Crippen molar-refractivity contribution in [1.29, 1.82) is 0 Å². The summed E-state index contributed by atoms with van der Waals surface area (Å²) in [6.45, 7) is 2.47. The first-order valence-corrected chi connectivity index (χ1v) is 10.3. The zero-order chi connectivity index (χ0) is 21.3. The predicted molar refractivity (Wildman–Crippen MR) is 113 cm³/mol. The number of carbonyl (C=O) groups is 2. The molecule has 152 valence electrons. The van der Waals surface area contributed by atoms with E-state index in [1.165, 1.54) is 16.2 Å². The van der Waals surface area contributed by atoms with Gasteiger partial charge in [0.05, 0.1) is 16.8 Å². The number of likely N-dealkylation sites (tertiary alicyclic amines) is 1. The van der Waals surface area contributed by atoms with Crippen molar-refractivity contribution in [3.63, 3.8) is 0 Å². The van der Waals surface area contributed by atoms with Crippen molar-refractivity contribution in [3.8, 4) is 23.2 Å². The molecule has 0 radical (unpaired) electrons. The summed E-state index contributed by atoms with van der Waals surface area (Å²) in [4.78, 5) is 34.9. The van der Waals surface area contributed by atoms with Gasteiger partial charge >= 0.3 is 5.97 Å². The molecule has 1 aliphatic rings. The van der Waals surface area contributed by atoms with E-state index < -0.39 is 17.5 Å². The van der Waals surface area contributed by atoms with E-state index in [4.69, 9.17) is 4.74 Å². The van der Waals surface area contributed by atoms with Gasteiger partial charge in [-0.3, -0.25) is 4.79 Å². The minimum absolute atomic E-state index is 0.234. The third kappa shape index (κ3) is 3.65. The Kier molecular flexibility index (Phi) is 5.24. The fourth-order valence-corrected chi connectivity index (χ4v) is 4.02. The minimum Gasteiger partial charge on any atom is -0.461 e. The van der Waals surface area contributed by atoms with Crippen molar-refractivity contribution in [1.82, 2.24) is 14.9 Å². The van der Waals surface area contributed by atoms with E-state index in [0.717, 1.165) is 0 Å². The number of amides is 1. The molecule has 1 aromatic carbocycles. The summed E-state index contributed by atoms with van der Waals surface area (Å²) in [5.41, 5.74) is 0.515. The molecule has 1 fully saturated rings. The quantitative estimate of drug-likeness (QED) is 0.516. The first-order valence-electron chi connectivity index (χ1n) is 9.45.